The SMILES string of the molecule is N=C/C=C/C1=C[NH2+]C=C1. The third kappa shape index (κ3) is 1.66. The summed E-state index contributed by atoms with van der Waals surface area (Å²) in [6, 6.07) is 0. The lowest BCUT2D eigenvalue weighted by molar-refractivity contribution is -0.510. The maximum absolute atomic E-state index is 6.69. The first kappa shape index (κ1) is 5.98. The lowest BCUT2D eigenvalue weighted by Crippen LogP contribution is -2.69. The highest BCUT2D eigenvalue weighted by Crippen LogP contribution is 1.96. The van der Waals surface area contributed by atoms with Crippen molar-refractivity contribution in [3.63, 3.8) is 0 Å². The third-order valence-corrected chi connectivity index (χ3v) is 1.07. The fraction of sp³-hybridized carbons (Fsp3) is 0. The molecule has 1 heterocycles. The third-order valence-electron chi connectivity index (χ3n) is 1.07. The molecule has 1 aliphatic heterocycles. The maximum Gasteiger partial charge on any atom is 0.105 e. The van der Waals surface area contributed by atoms with Crippen LogP contribution in [0.3, 0.4) is 0 Å². The first-order valence-corrected chi connectivity index (χ1v) is 2.82. The van der Waals surface area contributed by atoms with Gasteiger partial charge in [-0.1, -0.05) is 0 Å². The van der Waals surface area contributed by atoms with E-state index in [0.717, 1.165) is 5.57 Å². The number of nitrogens with one attached hydrogen (secondary N) is 1. The minimum absolute atomic E-state index is 1.15. The molecule has 1 rings (SSSR count). The summed E-state index contributed by atoms with van der Waals surface area (Å²) in [5, 5.41) is 8.67. The Labute approximate surface area is 54.1 Å². The summed E-state index contributed by atoms with van der Waals surface area (Å²) in [4.78, 5) is 0. The van der Waals surface area contributed by atoms with Crippen molar-refractivity contribution in [2.75, 3.05) is 0 Å². The molecule has 0 saturated carbocycles. The molecule has 0 aromatic rings. The van der Waals surface area contributed by atoms with Gasteiger partial charge in [0.15, 0.2) is 0 Å². The van der Waals surface area contributed by atoms with Crippen LogP contribution in [0.2, 0.25) is 0 Å². The largest absolute Gasteiger partial charge is 0.309 e. The van der Waals surface area contributed by atoms with Crippen LogP contribution < -0.4 is 5.32 Å². The Balaban J connectivity index is 2.53. The molecule has 0 atom stereocenters. The van der Waals surface area contributed by atoms with Crippen molar-refractivity contribution in [3.8, 4) is 0 Å². The molecule has 0 radical (unpaired) electrons. The van der Waals surface area contributed by atoms with Gasteiger partial charge >= 0.3 is 0 Å². The highest BCUT2D eigenvalue weighted by atomic mass is 14.8. The number of hydrogen-bond donors (Lipinski definition) is 2. The zero-order valence-corrected chi connectivity index (χ0v) is 5.04. The van der Waals surface area contributed by atoms with Crippen LogP contribution in [-0.2, 0) is 0 Å². The van der Waals surface area contributed by atoms with Crippen LogP contribution in [0.5, 0.6) is 0 Å². The number of rotatable bonds is 2. The Morgan fingerprint density at radius 3 is 3.00 bits per heavy atom. The Hall–Kier alpha value is -1.15. The molecule has 3 N–H and O–H groups in total. The van der Waals surface area contributed by atoms with Gasteiger partial charge in [0.05, 0.1) is 6.20 Å². The Morgan fingerprint density at radius 2 is 2.44 bits per heavy atom. The topological polar surface area (TPSA) is 40.5 Å². The minimum atomic E-state index is 1.15. The molecule has 2 heteroatoms. The molecule has 0 saturated heterocycles. The molecule has 0 fully saturated rings. The van der Waals surface area contributed by atoms with Gasteiger partial charge in [0.1, 0.15) is 6.20 Å². The maximum atomic E-state index is 6.69. The Bertz CT molecular complexity index is 187. The minimum Gasteiger partial charge on any atom is -0.309 e. The molecule has 46 valence electrons. The Kier molecular flexibility index (Phi) is 1.99. The van der Waals surface area contributed by atoms with E-state index in [9.17, 15) is 0 Å². The van der Waals surface area contributed by atoms with Gasteiger partial charge in [-0.05, 0) is 12.2 Å². The number of quaternary nitrogens is 1. The van der Waals surface area contributed by atoms with Crippen molar-refractivity contribution >= 4 is 6.21 Å². The summed E-state index contributed by atoms with van der Waals surface area (Å²) in [6.07, 6.45) is 10.8. The van der Waals surface area contributed by atoms with Crippen LogP contribution >= 0.6 is 0 Å². The van der Waals surface area contributed by atoms with E-state index in [1.165, 1.54) is 6.21 Å². The van der Waals surface area contributed by atoms with Gasteiger partial charge in [-0.2, -0.15) is 0 Å². The predicted octanol–water partition coefficient (Wildman–Crippen LogP) is 0.167. The lowest BCUT2D eigenvalue weighted by Gasteiger charge is -1.76. The van der Waals surface area contributed by atoms with Crippen molar-refractivity contribution in [2.45, 2.75) is 0 Å². The number of nitrogens with two attached hydrogens (primary N) is 1. The van der Waals surface area contributed by atoms with E-state index in [1.54, 1.807) is 6.08 Å². The molecular weight excluding hydrogens is 112 g/mol. The summed E-state index contributed by atoms with van der Waals surface area (Å²) in [7, 11) is 0. The van der Waals surface area contributed by atoms with E-state index in [0.29, 0.717) is 0 Å². The van der Waals surface area contributed by atoms with Crippen LogP contribution in [0.15, 0.2) is 36.2 Å². The molecule has 0 aliphatic carbocycles. The molecule has 0 spiro atoms. The van der Waals surface area contributed by atoms with Gasteiger partial charge in [0, 0.05) is 17.9 Å². The van der Waals surface area contributed by atoms with E-state index in [1.807, 2.05) is 29.9 Å². The van der Waals surface area contributed by atoms with E-state index in [-0.39, 0.29) is 0 Å². The molecule has 0 aromatic heterocycles. The van der Waals surface area contributed by atoms with Crippen molar-refractivity contribution in [3.05, 3.63) is 36.2 Å². The van der Waals surface area contributed by atoms with E-state index < -0.39 is 0 Å². The first-order chi connectivity index (χ1) is 4.43. The lowest BCUT2D eigenvalue weighted by atomic mass is 10.3. The zero-order chi connectivity index (χ0) is 6.53. The van der Waals surface area contributed by atoms with Crippen LogP contribution in [0, 0.1) is 5.41 Å². The van der Waals surface area contributed by atoms with Crippen LogP contribution in [-0.4, -0.2) is 6.21 Å². The Morgan fingerprint density at radius 1 is 1.56 bits per heavy atom. The van der Waals surface area contributed by atoms with Gasteiger partial charge < -0.3 is 5.41 Å². The molecule has 0 unspecified atom stereocenters. The smallest absolute Gasteiger partial charge is 0.105 e. The average molecular weight is 121 g/mol. The second kappa shape index (κ2) is 2.99. The molecule has 2 nitrogen and oxygen atoms in total. The quantitative estimate of drug-likeness (QED) is 0.489. The van der Waals surface area contributed by atoms with Gasteiger partial charge in [0.2, 0.25) is 0 Å². The van der Waals surface area contributed by atoms with Crippen molar-refractivity contribution in [1.82, 2.24) is 0 Å². The molecular formula is C7H9N2+. The summed E-state index contributed by atoms with van der Waals surface area (Å²) in [6.45, 7) is 0. The van der Waals surface area contributed by atoms with Crippen molar-refractivity contribution in [2.24, 2.45) is 0 Å². The average Bonchev–Trinajstić information content (AvgIpc) is 2.34. The van der Waals surface area contributed by atoms with E-state index in [2.05, 4.69) is 0 Å². The van der Waals surface area contributed by atoms with Crippen molar-refractivity contribution < 1.29 is 5.32 Å². The molecule has 0 amide bonds. The van der Waals surface area contributed by atoms with Crippen LogP contribution in [0.1, 0.15) is 0 Å². The van der Waals surface area contributed by atoms with Gasteiger partial charge in [-0.3, -0.25) is 5.32 Å². The summed E-state index contributed by atoms with van der Waals surface area (Å²) < 4.78 is 0. The fourth-order valence-electron chi connectivity index (χ4n) is 0.659. The van der Waals surface area contributed by atoms with E-state index >= 15 is 0 Å². The number of allylic oxidation sites excluding steroid dienone is 4. The summed E-state index contributed by atoms with van der Waals surface area (Å²) in [5.41, 5.74) is 1.15. The monoisotopic (exact) mass is 121 g/mol. The normalized spacial score (nSPS) is 16.7. The molecule has 0 aromatic carbocycles. The van der Waals surface area contributed by atoms with Gasteiger partial charge in [0.25, 0.3) is 0 Å². The summed E-state index contributed by atoms with van der Waals surface area (Å²) >= 11 is 0. The fourth-order valence-corrected chi connectivity index (χ4v) is 0.659. The van der Waals surface area contributed by atoms with Crippen molar-refractivity contribution in [1.29, 1.82) is 5.41 Å². The number of hydrogen-bond acceptors (Lipinski definition) is 1. The summed E-state index contributed by atoms with van der Waals surface area (Å²) in [5.74, 6) is 0. The molecule has 9 heavy (non-hydrogen) atoms. The second-order valence-corrected chi connectivity index (χ2v) is 1.74. The second-order valence-electron chi connectivity index (χ2n) is 1.74. The predicted molar refractivity (Wildman–Crippen MR) is 37.1 cm³/mol. The van der Waals surface area contributed by atoms with Crippen LogP contribution in [0.25, 0.3) is 0 Å². The first-order valence-electron chi connectivity index (χ1n) is 2.82. The van der Waals surface area contributed by atoms with Gasteiger partial charge in [-0.25, -0.2) is 0 Å². The highest BCUT2D eigenvalue weighted by Gasteiger charge is 1.93. The zero-order valence-electron chi connectivity index (χ0n) is 5.04. The molecule has 0 bridgehead atoms. The molecule has 1 aliphatic rings. The highest BCUT2D eigenvalue weighted by molar-refractivity contribution is 5.68. The van der Waals surface area contributed by atoms with Gasteiger partial charge in [-0.15, -0.1) is 0 Å². The van der Waals surface area contributed by atoms with Crippen LogP contribution in [0.4, 0.5) is 0 Å². The standard InChI is InChI=1S/C7H8N2/c8-4-1-2-7-3-5-9-6-7/h1-6,8-9H/p+1/b2-1+,8-4?. The van der Waals surface area contributed by atoms with E-state index in [4.69, 9.17) is 5.41 Å².